The summed E-state index contributed by atoms with van der Waals surface area (Å²) in [7, 11) is 0. The van der Waals surface area contributed by atoms with E-state index in [-0.39, 0.29) is 5.75 Å². The minimum absolute atomic E-state index is 0.208. The minimum atomic E-state index is 0.208. The summed E-state index contributed by atoms with van der Waals surface area (Å²) in [6.07, 6.45) is 3.90. The van der Waals surface area contributed by atoms with Crippen LogP contribution in [0.3, 0.4) is 0 Å². The van der Waals surface area contributed by atoms with Crippen LogP contribution < -0.4 is 9.47 Å². The van der Waals surface area contributed by atoms with E-state index in [0.29, 0.717) is 23.0 Å². The Kier molecular flexibility index (Phi) is 6.66. The Morgan fingerprint density at radius 3 is 2.47 bits per heavy atom. The molecular formula is C28H26N2O3S. The number of hydrogen-bond donors (Lipinski definition) is 1. The zero-order chi connectivity index (χ0) is 23.3. The zero-order valence-corrected chi connectivity index (χ0v) is 19.7. The van der Waals surface area contributed by atoms with Crippen LogP contribution in [0.15, 0.2) is 66.7 Å². The first-order chi connectivity index (χ1) is 16.7. The first kappa shape index (κ1) is 22.3. The normalized spacial score (nSPS) is 14.1. The summed E-state index contributed by atoms with van der Waals surface area (Å²) in [6.45, 7) is 3.97. The number of phenols is 1. The first-order valence-corrected chi connectivity index (χ1v) is 12.4. The third-order valence-corrected chi connectivity index (χ3v) is 7.13. The van der Waals surface area contributed by atoms with E-state index in [2.05, 4.69) is 11.0 Å². The minimum Gasteiger partial charge on any atom is -0.508 e. The summed E-state index contributed by atoms with van der Waals surface area (Å²) in [4.78, 5) is 4.07. The number of nitriles is 1. The van der Waals surface area contributed by atoms with E-state index in [1.165, 1.54) is 43.7 Å². The van der Waals surface area contributed by atoms with Crippen LogP contribution in [0.4, 0.5) is 0 Å². The van der Waals surface area contributed by atoms with Gasteiger partial charge in [-0.05, 0) is 92.0 Å². The Morgan fingerprint density at radius 2 is 1.71 bits per heavy atom. The first-order valence-electron chi connectivity index (χ1n) is 11.6. The average Bonchev–Trinajstić information content (AvgIpc) is 3.35. The largest absolute Gasteiger partial charge is 0.508 e. The topological polar surface area (TPSA) is 65.7 Å². The third kappa shape index (κ3) is 5.01. The Labute approximate surface area is 203 Å². The molecule has 1 aliphatic heterocycles. The Hall–Kier alpha value is -3.53. The molecule has 1 saturated heterocycles. The second kappa shape index (κ2) is 10.2. The van der Waals surface area contributed by atoms with Gasteiger partial charge >= 0.3 is 0 Å². The van der Waals surface area contributed by atoms with Gasteiger partial charge in [0.2, 0.25) is 0 Å². The monoisotopic (exact) mass is 470 g/mol. The number of ether oxygens (including phenoxy) is 2. The standard InChI is InChI=1S/C28H26N2O3S/c29-19-24-10-13-27(34-24)26-11-4-20-18-21(31)5-12-25(20)28(26)33-23-8-6-22(7-9-23)32-17-16-30-14-2-1-3-15-30/h4-13,18,31H,1-3,14-17H2. The van der Waals surface area contributed by atoms with Crippen LogP contribution >= 0.6 is 11.3 Å². The van der Waals surface area contributed by atoms with Crippen molar-refractivity contribution in [3.8, 4) is 39.5 Å². The second-order valence-corrected chi connectivity index (χ2v) is 9.53. The molecule has 0 aliphatic carbocycles. The van der Waals surface area contributed by atoms with Gasteiger partial charge in [0.1, 0.15) is 40.6 Å². The maximum atomic E-state index is 9.93. The average molecular weight is 471 g/mol. The number of hydrogen-bond acceptors (Lipinski definition) is 6. The molecule has 0 unspecified atom stereocenters. The van der Waals surface area contributed by atoms with Gasteiger partial charge in [-0.15, -0.1) is 11.3 Å². The molecule has 1 aromatic heterocycles. The fourth-order valence-corrected chi connectivity index (χ4v) is 5.16. The highest BCUT2D eigenvalue weighted by atomic mass is 32.1. The van der Waals surface area contributed by atoms with Gasteiger partial charge in [-0.3, -0.25) is 4.90 Å². The summed E-state index contributed by atoms with van der Waals surface area (Å²) in [5.41, 5.74) is 0.909. The lowest BCUT2D eigenvalue weighted by Gasteiger charge is -2.26. The van der Waals surface area contributed by atoms with Crippen molar-refractivity contribution >= 4 is 22.1 Å². The van der Waals surface area contributed by atoms with Crippen LogP contribution in [0.2, 0.25) is 0 Å². The van der Waals surface area contributed by atoms with Crippen LogP contribution in [0.25, 0.3) is 21.2 Å². The van der Waals surface area contributed by atoms with Crippen molar-refractivity contribution in [1.82, 2.24) is 4.90 Å². The molecule has 1 N–H and O–H groups in total. The molecule has 3 aromatic carbocycles. The molecule has 0 atom stereocenters. The molecule has 5 rings (SSSR count). The summed E-state index contributed by atoms with van der Waals surface area (Å²) in [5, 5.41) is 21.0. The molecule has 34 heavy (non-hydrogen) atoms. The number of benzene rings is 3. The van der Waals surface area contributed by atoms with Gasteiger partial charge in [0, 0.05) is 22.4 Å². The number of phenolic OH excluding ortho intramolecular Hbond substituents is 1. The van der Waals surface area contributed by atoms with Crippen molar-refractivity contribution < 1.29 is 14.6 Å². The Morgan fingerprint density at radius 1 is 0.912 bits per heavy atom. The van der Waals surface area contributed by atoms with E-state index in [4.69, 9.17) is 9.47 Å². The molecule has 0 radical (unpaired) electrons. The lowest BCUT2D eigenvalue weighted by Crippen LogP contribution is -2.33. The Balaban J connectivity index is 1.37. The van der Waals surface area contributed by atoms with Crippen molar-refractivity contribution in [2.45, 2.75) is 19.3 Å². The second-order valence-electron chi connectivity index (χ2n) is 8.45. The van der Waals surface area contributed by atoms with Crippen molar-refractivity contribution in [2.75, 3.05) is 26.2 Å². The summed E-state index contributed by atoms with van der Waals surface area (Å²) >= 11 is 1.43. The van der Waals surface area contributed by atoms with E-state index < -0.39 is 0 Å². The molecule has 172 valence electrons. The lowest BCUT2D eigenvalue weighted by atomic mass is 10.0. The van der Waals surface area contributed by atoms with Crippen LogP contribution in [-0.2, 0) is 0 Å². The summed E-state index contributed by atoms with van der Waals surface area (Å²) in [5.74, 6) is 2.43. The maximum Gasteiger partial charge on any atom is 0.143 e. The highest BCUT2D eigenvalue weighted by Gasteiger charge is 2.15. The number of nitrogens with zero attached hydrogens (tertiary/aromatic N) is 2. The third-order valence-electron chi connectivity index (χ3n) is 6.10. The SMILES string of the molecule is N#Cc1ccc(-c2ccc3cc(O)ccc3c2Oc2ccc(OCCN3CCCCC3)cc2)s1. The van der Waals surface area contributed by atoms with Crippen molar-refractivity contribution in [3.63, 3.8) is 0 Å². The molecule has 1 aliphatic rings. The number of thiophene rings is 1. The molecule has 0 bridgehead atoms. The quantitative estimate of drug-likeness (QED) is 0.322. The number of rotatable bonds is 7. The molecule has 1 fully saturated rings. The number of piperidine rings is 1. The van der Waals surface area contributed by atoms with Gasteiger partial charge in [-0.1, -0.05) is 12.5 Å². The van der Waals surface area contributed by atoms with E-state index >= 15 is 0 Å². The Bertz CT molecular complexity index is 1320. The van der Waals surface area contributed by atoms with E-state index in [1.54, 1.807) is 12.1 Å². The van der Waals surface area contributed by atoms with Gasteiger partial charge in [0.15, 0.2) is 0 Å². The van der Waals surface area contributed by atoms with Crippen molar-refractivity contribution in [3.05, 3.63) is 71.6 Å². The number of aromatic hydroxyl groups is 1. The summed E-state index contributed by atoms with van der Waals surface area (Å²) in [6, 6.07) is 22.8. The van der Waals surface area contributed by atoms with Crippen molar-refractivity contribution in [1.29, 1.82) is 5.26 Å². The molecule has 0 amide bonds. The summed E-state index contributed by atoms with van der Waals surface area (Å²) < 4.78 is 12.3. The van der Waals surface area contributed by atoms with Gasteiger partial charge in [0.05, 0.1) is 0 Å². The fraction of sp³-hybridized carbons (Fsp3) is 0.250. The van der Waals surface area contributed by atoms with Crippen molar-refractivity contribution in [2.24, 2.45) is 0 Å². The highest BCUT2D eigenvalue weighted by molar-refractivity contribution is 7.16. The van der Waals surface area contributed by atoms with E-state index in [9.17, 15) is 10.4 Å². The molecule has 6 heteroatoms. The molecule has 0 spiro atoms. The maximum absolute atomic E-state index is 9.93. The molecule has 2 heterocycles. The van der Waals surface area contributed by atoms with Gasteiger partial charge in [0.25, 0.3) is 0 Å². The lowest BCUT2D eigenvalue weighted by molar-refractivity contribution is 0.183. The predicted octanol–water partition coefficient (Wildman–Crippen LogP) is 6.80. The van der Waals surface area contributed by atoms with Crippen LogP contribution in [0, 0.1) is 11.3 Å². The molecule has 4 aromatic rings. The van der Waals surface area contributed by atoms with E-state index in [1.807, 2.05) is 54.6 Å². The molecule has 0 saturated carbocycles. The fourth-order valence-electron chi connectivity index (χ4n) is 4.33. The number of likely N-dealkylation sites (tertiary alicyclic amines) is 1. The zero-order valence-electron chi connectivity index (χ0n) is 18.9. The van der Waals surface area contributed by atoms with Gasteiger partial charge < -0.3 is 14.6 Å². The van der Waals surface area contributed by atoms with Crippen LogP contribution in [-0.4, -0.2) is 36.2 Å². The van der Waals surface area contributed by atoms with E-state index in [0.717, 1.165) is 33.5 Å². The predicted molar refractivity (Wildman–Crippen MR) is 136 cm³/mol. The van der Waals surface area contributed by atoms with Gasteiger partial charge in [-0.25, -0.2) is 0 Å². The highest BCUT2D eigenvalue weighted by Crippen LogP contribution is 2.42. The van der Waals surface area contributed by atoms with Crippen LogP contribution in [0.5, 0.6) is 23.0 Å². The van der Waals surface area contributed by atoms with Gasteiger partial charge in [-0.2, -0.15) is 5.26 Å². The molecular weight excluding hydrogens is 444 g/mol. The van der Waals surface area contributed by atoms with Crippen LogP contribution in [0.1, 0.15) is 24.1 Å². The smallest absolute Gasteiger partial charge is 0.143 e. The molecule has 5 nitrogen and oxygen atoms in total. The number of fused-ring (bicyclic) bond motifs is 1.